The molecule has 1 fully saturated rings. The van der Waals surface area contributed by atoms with Gasteiger partial charge in [0.1, 0.15) is 0 Å². The van der Waals surface area contributed by atoms with Crippen LogP contribution >= 0.6 is 24.0 Å². The highest BCUT2D eigenvalue weighted by Crippen LogP contribution is 2.25. The smallest absolute Gasteiger partial charge is 0.223 e. The Labute approximate surface area is 154 Å². The van der Waals surface area contributed by atoms with Gasteiger partial charge in [-0.25, -0.2) is 0 Å². The average molecular weight is 365 g/mol. The molecule has 2 aromatic rings. The number of nitrogens with one attached hydrogen (secondary N) is 2. The zero-order chi connectivity index (χ0) is 16.1. The van der Waals surface area contributed by atoms with E-state index in [1.165, 1.54) is 0 Å². The first kappa shape index (κ1) is 18.8. The lowest BCUT2D eigenvalue weighted by Crippen LogP contribution is -2.40. The topological polar surface area (TPSA) is 41.1 Å². The second kappa shape index (κ2) is 9.07. The molecule has 0 bridgehead atoms. The minimum atomic E-state index is -0.169. The lowest BCUT2D eigenvalue weighted by atomic mass is 9.94. The second-order valence-corrected chi connectivity index (χ2v) is 6.37. The molecule has 0 aromatic heterocycles. The fourth-order valence-electron chi connectivity index (χ4n) is 3.03. The molecule has 1 saturated heterocycles. The molecule has 2 N–H and O–H groups in total. The quantitative estimate of drug-likeness (QED) is 0.861. The molecule has 1 heterocycles. The Morgan fingerprint density at radius 1 is 1.04 bits per heavy atom. The van der Waals surface area contributed by atoms with Crippen LogP contribution in [-0.2, 0) is 4.79 Å². The van der Waals surface area contributed by atoms with E-state index in [1.54, 1.807) is 0 Å². The number of benzene rings is 2. The summed E-state index contributed by atoms with van der Waals surface area (Å²) in [5.41, 5.74) is 2.07. The van der Waals surface area contributed by atoms with Gasteiger partial charge in [-0.05, 0) is 49.2 Å². The number of rotatable bonds is 4. The van der Waals surface area contributed by atoms with E-state index in [-0.39, 0.29) is 30.3 Å². The molecule has 3 nitrogen and oxygen atoms in total. The number of carbonyl (C=O) groups is 1. The normalized spacial score (nSPS) is 16.0. The van der Waals surface area contributed by atoms with Crippen molar-refractivity contribution in [2.45, 2.75) is 18.9 Å². The predicted octanol–water partition coefficient (Wildman–Crippen LogP) is 3.97. The standard InChI is InChI=1S/C19H21ClN2O.ClH/c20-17-8-4-7-16(13-17)18(14-5-2-1-3-6-14)22-19(23)15-9-11-21-12-10-15;/h1-8,13,15,18,21H,9-12H2,(H,22,23);1H. The fourth-order valence-corrected chi connectivity index (χ4v) is 3.23. The Kier molecular flexibility index (Phi) is 7.10. The molecule has 1 unspecified atom stereocenters. The van der Waals surface area contributed by atoms with E-state index in [1.807, 2.05) is 54.6 Å². The highest BCUT2D eigenvalue weighted by atomic mass is 35.5. The highest BCUT2D eigenvalue weighted by Gasteiger charge is 2.24. The number of hydrogen-bond donors (Lipinski definition) is 2. The van der Waals surface area contributed by atoms with Crippen molar-refractivity contribution in [3.63, 3.8) is 0 Å². The lowest BCUT2D eigenvalue weighted by Gasteiger charge is -2.26. The van der Waals surface area contributed by atoms with E-state index >= 15 is 0 Å². The molecule has 0 aliphatic carbocycles. The van der Waals surface area contributed by atoms with Gasteiger partial charge in [-0.15, -0.1) is 12.4 Å². The van der Waals surface area contributed by atoms with Crippen LogP contribution in [0.15, 0.2) is 54.6 Å². The molecule has 0 spiro atoms. The highest BCUT2D eigenvalue weighted by molar-refractivity contribution is 6.30. The van der Waals surface area contributed by atoms with Crippen LogP contribution in [0.2, 0.25) is 5.02 Å². The van der Waals surface area contributed by atoms with Crippen molar-refractivity contribution in [1.82, 2.24) is 10.6 Å². The Bertz CT molecular complexity index is 657. The van der Waals surface area contributed by atoms with Gasteiger partial charge >= 0.3 is 0 Å². The molecular weight excluding hydrogens is 343 g/mol. The molecule has 0 saturated carbocycles. The van der Waals surface area contributed by atoms with E-state index < -0.39 is 0 Å². The Morgan fingerprint density at radius 3 is 2.38 bits per heavy atom. The van der Waals surface area contributed by atoms with Crippen molar-refractivity contribution >= 4 is 29.9 Å². The minimum Gasteiger partial charge on any atom is -0.345 e. The Hall–Kier alpha value is -1.55. The van der Waals surface area contributed by atoms with E-state index in [9.17, 15) is 4.79 Å². The third kappa shape index (κ3) is 4.73. The molecule has 1 aliphatic heterocycles. The van der Waals surface area contributed by atoms with Gasteiger partial charge in [-0.1, -0.05) is 54.1 Å². The summed E-state index contributed by atoms with van der Waals surface area (Å²) in [6.07, 6.45) is 1.78. The van der Waals surface area contributed by atoms with Gasteiger partial charge in [-0.2, -0.15) is 0 Å². The molecule has 128 valence electrons. The van der Waals surface area contributed by atoms with Gasteiger partial charge in [0.05, 0.1) is 6.04 Å². The van der Waals surface area contributed by atoms with Gasteiger partial charge in [0.15, 0.2) is 0 Å². The maximum absolute atomic E-state index is 12.7. The number of piperidine rings is 1. The van der Waals surface area contributed by atoms with Crippen LogP contribution < -0.4 is 10.6 Å². The minimum absolute atomic E-state index is 0. The summed E-state index contributed by atoms with van der Waals surface area (Å²) in [7, 11) is 0. The summed E-state index contributed by atoms with van der Waals surface area (Å²) < 4.78 is 0. The van der Waals surface area contributed by atoms with Crippen molar-refractivity contribution in [2.24, 2.45) is 5.92 Å². The fraction of sp³-hybridized carbons (Fsp3) is 0.316. The molecule has 1 atom stereocenters. The molecule has 1 amide bonds. The van der Waals surface area contributed by atoms with Crippen LogP contribution in [0.3, 0.4) is 0 Å². The van der Waals surface area contributed by atoms with Gasteiger partial charge in [0.25, 0.3) is 0 Å². The van der Waals surface area contributed by atoms with Gasteiger partial charge in [0, 0.05) is 10.9 Å². The third-order valence-electron chi connectivity index (χ3n) is 4.31. The van der Waals surface area contributed by atoms with Crippen molar-refractivity contribution in [3.05, 3.63) is 70.7 Å². The zero-order valence-electron chi connectivity index (χ0n) is 13.4. The molecular formula is C19H22Cl2N2O. The largest absolute Gasteiger partial charge is 0.345 e. The van der Waals surface area contributed by atoms with Crippen molar-refractivity contribution < 1.29 is 4.79 Å². The first-order valence-electron chi connectivity index (χ1n) is 8.05. The van der Waals surface area contributed by atoms with Gasteiger partial charge in [0.2, 0.25) is 5.91 Å². The molecule has 24 heavy (non-hydrogen) atoms. The lowest BCUT2D eigenvalue weighted by molar-refractivity contribution is -0.126. The summed E-state index contributed by atoms with van der Waals surface area (Å²) in [5.74, 6) is 0.210. The van der Waals surface area contributed by atoms with E-state index in [0.717, 1.165) is 37.1 Å². The summed E-state index contributed by atoms with van der Waals surface area (Å²) >= 11 is 6.14. The monoisotopic (exact) mass is 364 g/mol. The molecule has 3 rings (SSSR count). The first-order valence-corrected chi connectivity index (χ1v) is 8.43. The van der Waals surface area contributed by atoms with Crippen LogP contribution in [0.25, 0.3) is 0 Å². The van der Waals surface area contributed by atoms with Gasteiger partial charge < -0.3 is 10.6 Å². The van der Waals surface area contributed by atoms with Gasteiger partial charge in [-0.3, -0.25) is 4.79 Å². The average Bonchev–Trinajstić information content (AvgIpc) is 2.61. The van der Waals surface area contributed by atoms with Crippen LogP contribution in [-0.4, -0.2) is 19.0 Å². The van der Waals surface area contributed by atoms with Crippen molar-refractivity contribution in [3.8, 4) is 0 Å². The van der Waals surface area contributed by atoms with Crippen LogP contribution in [0.5, 0.6) is 0 Å². The first-order chi connectivity index (χ1) is 11.2. The predicted molar refractivity (Wildman–Crippen MR) is 101 cm³/mol. The Morgan fingerprint density at radius 2 is 1.71 bits per heavy atom. The van der Waals surface area contributed by atoms with E-state index in [4.69, 9.17) is 11.6 Å². The molecule has 5 heteroatoms. The molecule has 1 aliphatic rings. The van der Waals surface area contributed by atoms with Crippen molar-refractivity contribution in [1.29, 1.82) is 0 Å². The number of carbonyl (C=O) groups excluding carboxylic acids is 1. The summed E-state index contributed by atoms with van der Waals surface area (Å²) in [6, 6.07) is 17.6. The molecule has 2 aromatic carbocycles. The van der Waals surface area contributed by atoms with Crippen LogP contribution in [0.4, 0.5) is 0 Å². The van der Waals surface area contributed by atoms with E-state index in [0.29, 0.717) is 5.02 Å². The SMILES string of the molecule is Cl.O=C(NC(c1ccccc1)c1cccc(Cl)c1)C1CCNCC1. The maximum atomic E-state index is 12.7. The summed E-state index contributed by atoms with van der Waals surface area (Å²) in [4.78, 5) is 12.7. The zero-order valence-corrected chi connectivity index (χ0v) is 14.9. The number of halogens is 2. The summed E-state index contributed by atoms with van der Waals surface area (Å²) in [5, 5.41) is 7.20. The molecule has 0 radical (unpaired) electrons. The van der Waals surface area contributed by atoms with Crippen LogP contribution in [0.1, 0.15) is 30.0 Å². The van der Waals surface area contributed by atoms with Crippen LogP contribution in [0, 0.1) is 5.92 Å². The maximum Gasteiger partial charge on any atom is 0.223 e. The van der Waals surface area contributed by atoms with Crippen molar-refractivity contribution in [2.75, 3.05) is 13.1 Å². The number of hydrogen-bond acceptors (Lipinski definition) is 2. The third-order valence-corrected chi connectivity index (χ3v) is 4.55. The second-order valence-electron chi connectivity index (χ2n) is 5.93. The van der Waals surface area contributed by atoms with E-state index in [2.05, 4.69) is 10.6 Å². The Balaban J connectivity index is 0.00000208. The number of amides is 1. The summed E-state index contributed by atoms with van der Waals surface area (Å²) in [6.45, 7) is 1.82.